The van der Waals surface area contributed by atoms with Gasteiger partial charge in [0.2, 0.25) is 20.0 Å². The highest BCUT2D eigenvalue weighted by Crippen LogP contribution is 2.24. The molecule has 2 aromatic rings. The number of hydrogen-bond acceptors (Lipinski definition) is 4. The van der Waals surface area contributed by atoms with Gasteiger partial charge in [-0.1, -0.05) is 18.2 Å². The van der Waals surface area contributed by atoms with E-state index in [0.717, 1.165) is 24.8 Å². The standard InChI is InChI=1S/C17H20N2O4S2/c1-18-24(20,21)16-7-2-4-13(10-16)12-19-25(22,23)17-9-8-14-5-3-6-15(14)11-17/h2,4,7-11,18-19H,3,5-6,12H2,1H3. The fourth-order valence-corrected chi connectivity index (χ4v) is 4.79. The maximum atomic E-state index is 12.5. The number of rotatable bonds is 6. The molecule has 1 aliphatic rings. The van der Waals surface area contributed by atoms with Gasteiger partial charge in [-0.05, 0) is 67.3 Å². The first-order valence-corrected chi connectivity index (χ1v) is 10.9. The van der Waals surface area contributed by atoms with Gasteiger partial charge in [0.15, 0.2) is 0 Å². The summed E-state index contributed by atoms with van der Waals surface area (Å²) in [6.45, 7) is 0.0203. The number of aryl methyl sites for hydroxylation is 2. The van der Waals surface area contributed by atoms with Crippen molar-refractivity contribution < 1.29 is 16.8 Å². The minimum absolute atomic E-state index is 0.0203. The normalized spacial score (nSPS) is 14.4. The van der Waals surface area contributed by atoms with Crippen LogP contribution >= 0.6 is 0 Å². The molecule has 0 fully saturated rings. The molecule has 3 rings (SSSR count). The van der Waals surface area contributed by atoms with E-state index in [2.05, 4.69) is 9.44 Å². The largest absolute Gasteiger partial charge is 0.240 e. The molecule has 1 aliphatic carbocycles. The second kappa shape index (κ2) is 6.87. The summed E-state index contributed by atoms with van der Waals surface area (Å²) in [5.74, 6) is 0. The first-order valence-electron chi connectivity index (χ1n) is 7.96. The van der Waals surface area contributed by atoms with Crippen LogP contribution in [0.5, 0.6) is 0 Å². The van der Waals surface area contributed by atoms with Crippen LogP contribution in [0.2, 0.25) is 0 Å². The van der Waals surface area contributed by atoms with Gasteiger partial charge in [0.05, 0.1) is 9.79 Å². The summed E-state index contributed by atoms with van der Waals surface area (Å²) in [5.41, 5.74) is 2.87. The van der Waals surface area contributed by atoms with Gasteiger partial charge in [-0.3, -0.25) is 0 Å². The molecule has 0 spiro atoms. The van der Waals surface area contributed by atoms with Gasteiger partial charge < -0.3 is 0 Å². The van der Waals surface area contributed by atoms with Gasteiger partial charge >= 0.3 is 0 Å². The highest BCUT2D eigenvalue weighted by Gasteiger charge is 2.18. The van der Waals surface area contributed by atoms with Crippen LogP contribution < -0.4 is 9.44 Å². The minimum Gasteiger partial charge on any atom is -0.214 e. The highest BCUT2D eigenvalue weighted by atomic mass is 32.2. The van der Waals surface area contributed by atoms with Gasteiger partial charge in [0, 0.05) is 6.54 Å². The Morgan fingerprint density at radius 2 is 1.60 bits per heavy atom. The van der Waals surface area contributed by atoms with E-state index in [4.69, 9.17) is 0 Å². The molecule has 0 aliphatic heterocycles. The molecule has 134 valence electrons. The summed E-state index contributed by atoms with van der Waals surface area (Å²) in [6.07, 6.45) is 2.96. The van der Waals surface area contributed by atoms with Gasteiger partial charge in [-0.2, -0.15) is 0 Å². The van der Waals surface area contributed by atoms with E-state index in [9.17, 15) is 16.8 Å². The third-order valence-electron chi connectivity index (χ3n) is 4.32. The van der Waals surface area contributed by atoms with E-state index < -0.39 is 20.0 Å². The Bertz CT molecular complexity index is 999. The SMILES string of the molecule is CNS(=O)(=O)c1cccc(CNS(=O)(=O)c2ccc3c(c2)CCC3)c1. The van der Waals surface area contributed by atoms with Crippen LogP contribution in [0.4, 0.5) is 0 Å². The van der Waals surface area contributed by atoms with E-state index >= 15 is 0 Å². The minimum atomic E-state index is -3.65. The molecule has 2 aromatic carbocycles. The number of hydrogen-bond donors (Lipinski definition) is 2. The Labute approximate surface area is 148 Å². The quantitative estimate of drug-likeness (QED) is 0.795. The third kappa shape index (κ3) is 3.92. The van der Waals surface area contributed by atoms with Gasteiger partial charge in [-0.25, -0.2) is 26.3 Å². The second-order valence-corrected chi connectivity index (χ2v) is 9.62. The summed E-state index contributed by atoms with van der Waals surface area (Å²) < 4.78 is 53.4. The topological polar surface area (TPSA) is 92.3 Å². The lowest BCUT2D eigenvalue weighted by Crippen LogP contribution is -2.24. The lowest BCUT2D eigenvalue weighted by molar-refractivity contribution is 0.581. The fourth-order valence-electron chi connectivity index (χ4n) is 2.92. The molecule has 25 heavy (non-hydrogen) atoms. The van der Waals surface area contributed by atoms with Gasteiger partial charge in [0.25, 0.3) is 0 Å². The number of benzene rings is 2. The zero-order chi connectivity index (χ0) is 18.1. The predicted molar refractivity (Wildman–Crippen MR) is 95.2 cm³/mol. The van der Waals surface area contributed by atoms with Crippen molar-refractivity contribution in [2.24, 2.45) is 0 Å². The molecular weight excluding hydrogens is 360 g/mol. The number of nitrogens with one attached hydrogen (secondary N) is 2. The summed E-state index contributed by atoms with van der Waals surface area (Å²) in [5, 5.41) is 0. The molecule has 8 heteroatoms. The van der Waals surface area contributed by atoms with Crippen molar-refractivity contribution in [3.63, 3.8) is 0 Å². The molecule has 2 N–H and O–H groups in total. The smallest absolute Gasteiger partial charge is 0.214 e. The number of fused-ring (bicyclic) bond motifs is 1. The van der Waals surface area contributed by atoms with Crippen molar-refractivity contribution in [1.29, 1.82) is 0 Å². The molecule has 0 radical (unpaired) electrons. The van der Waals surface area contributed by atoms with Crippen LogP contribution in [0, 0.1) is 0 Å². The summed E-state index contributed by atoms with van der Waals surface area (Å²) >= 11 is 0. The average Bonchev–Trinajstić information content (AvgIpc) is 3.08. The molecule has 0 amide bonds. The van der Waals surface area contributed by atoms with Crippen LogP contribution in [0.3, 0.4) is 0 Å². The second-order valence-electron chi connectivity index (χ2n) is 5.96. The highest BCUT2D eigenvalue weighted by molar-refractivity contribution is 7.89. The van der Waals surface area contributed by atoms with Crippen molar-refractivity contribution in [2.45, 2.75) is 35.6 Å². The van der Waals surface area contributed by atoms with Crippen molar-refractivity contribution in [3.8, 4) is 0 Å². The molecule has 0 aromatic heterocycles. The maximum Gasteiger partial charge on any atom is 0.240 e. The van der Waals surface area contributed by atoms with Crippen molar-refractivity contribution in [2.75, 3.05) is 7.05 Å². The van der Waals surface area contributed by atoms with Gasteiger partial charge in [0.1, 0.15) is 0 Å². The molecule has 0 saturated heterocycles. The van der Waals surface area contributed by atoms with E-state index in [1.165, 1.54) is 24.7 Å². The van der Waals surface area contributed by atoms with Gasteiger partial charge in [-0.15, -0.1) is 0 Å². The van der Waals surface area contributed by atoms with Crippen molar-refractivity contribution >= 4 is 20.0 Å². The molecular formula is C17H20N2O4S2. The molecule has 0 heterocycles. The molecule has 0 saturated carbocycles. The third-order valence-corrected chi connectivity index (χ3v) is 7.13. The lowest BCUT2D eigenvalue weighted by atomic mass is 10.1. The van der Waals surface area contributed by atoms with E-state index in [1.807, 2.05) is 6.07 Å². The first kappa shape index (κ1) is 18.1. The Balaban J connectivity index is 1.78. The van der Waals surface area contributed by atoms with Crippen LogP contribution in [0.15, 0.2) is 52.3 Å². The Hall–Kier alpha value is -1.74. The predicted octanol–water partition coefficient (Wildman–Crippen LogP) is 1.56. The lowest BCUT2D eigenvalue weighted by Gasteiger charge is -2.10. The Morgan fingerprint density at radius 1 is 0.880 bits per heavy atom. The van der Waals surface area contributed by atoms with Crippen LogP contribution in [-0.4, -0.2) is 23.9 Å². The Morgan fingerprint density at radius 3 is 2.36 bits per heavy atom. The summed E-state index contributed by atoms with van der Waals surface area (Å²) in [6, 6.07) is 11.4. The number of sulfonamides is 2. The van der Waals surface area contributed by atoms with E-state index in [0.29, 0.717) is 5.56 Å². The van der Waals surface area contributed by atoms with Crippen molar-refractivity contribution in [1.82, 2.24) is 9.44 Å². The molecule has 0 atom stereocenters. The fraction of sp³-hybridized carbons (Fsp3) is 0.294. The average molecular weight is 380 g/mol. The molecule has 0 unspecified atom stereocenters. The van der Waals surface area contributed by atoms with Crippen LogP contribution in [0.25, 0.3) is 0 Å². The van der Waals surface area contributed by atoms with E-state index in [-0.39, 0.29) is 16.3 Å². The summed E-state index contributed by atoms with van der Waals surface area (Å²) in [4.78, 5) is 0.344. The summed E-state index contributed by atoms with van der Waals surface area (Å²) in [7, 11) is -5.88. The van der Waals surface area contributed by atoms with Crippen LogP contribution in [0.1, 0.15) is 23.1 Å². The van der Waals surface area contributed by atoms with E-state index in [1.54, 1.807) is 24.3 Å². The van der Waals surface area contributed by atoms with Crippen molar-refractivity contribution in [3.05, 3.63) is 59.2 Å². The maximum absolute atomic E-state index is 12.5. The molecule has 6 nitrogen and oxygen atoms in total. The van der Waals surface area contributed by atoms with Crippen LogP contribution in [-0.2, 0) is 39.4 Å². The zero-order valence-corrected chi connectivity index (χ0v) is 15.5. The zero-order valence-electron chi connectivity index (χ0n) is 13.8. The molecule has 0 bridgehead atoms. The first-order chi connectivity index (χ1) is 11.8. The monoisotopic (exact) mass is 380 g/mol. The Kier molecular flexibility index (Phi) is 4.97.